The van der Waals surface area contributed by atoms with Gasteiger partial charge in [-0.05, 0) is 49.4 Å². The predicted molar refractivity (Wildman–Crippen MR) is 106 cm³/mol. The van der Waals surface area contributed by atoms with E-state index in [2.05, 4.69) is 0 Å². The summed E-state index contributed by atoms with van der Waals surface area (Å²) in [5.74, 6) is -1.80. The second kappa shape index (κ2) is 5.97. The molecule has 0 unspecified atom stereocenters. The molecule has 0 aliphatic carbocycles. The first-order chi connectivity index (χ1) is 14.0. The first-order valence-corrected chi connectivity index (χ1v) is 9.04. The van der Waals surface area contributed by atoms with Crippen LogP contribution in [-0.4, -0.2) is 23.6 Å². The maximum atomic E-state index is 13.0. The number of aryl methyl sites for hydroxylation is 1. The first-order valence-electron chi connectivity index (χ1n) is 9.04. The number of amides is 4. The molecule has 6 nitrogen and oxygen atoms in total. The highest BCUT2D eigenvalue weighted by Crippen LogP contribution is 2.34. The molecule has 29 heavy (non-hydrogen) atoms. The summed E-state index contributed by atoms with van der Waals surface area (Å²) in [6.45, 7) is 1.92. The van der Waals surface area contributed by atoms with Crippen molar-refractivity contribution in [2.45, 2.75) is 6.92 Å². The zero-order chi connectivity index (χ0) is 20.3. The third kappa shape index (κ3) is 2.36. The molecule has 2 aliphatic heterocycles. The predicted octanol–water partition coefficient (Wildman–Crippen LogP) is 3.60. The Morgan fingerprint density at radius 1 is 0.517 bits per heavy atom. The Morgan fingerprint density at radius 2 is 0.966 bits per heavy atom. The Bertz CT molecular complexity index is 1210. The molecule has 2 heterocycles. The van der Waals surface area contributed by atoms with E-state index in [9.17, 15) is 19.2 Å². The summed E-state index contributed by atoms with van der Waals surface area (Å²) >= 11 is 0. The third-order valence-corrected chi connectivity index (χ3v) is 5.21. The molecule has 3 aromatic carbocycles. The van der Waals surface area contributed by atoms with Gasteiger partial charge in [-0.1, -0.05) is 29.8 Å². The molecular weight excluding hydrogens is 368 g/mol. The van der Waals surface area contributed by atoms with Crippen molar-refractivity contribution in [1.82, 2.24) is 0 Å². The Hall–Kier alpha value is -4.06. The van der Waals surface area contributed by atoms with E-state index in [4.69, 9.17) is 0 Å². The van der Waals surface area contributed by atoms with Crippen LogP contribution in [0.2, 0.25) is 0 Å². The van der Waals surface area contributed by atoms with E-state index in [1.54, 1.807) is 36.4 Å². The first kappa shape index (κ1) is 17.1. The number of nitrogens with zero attached hydrogens (tertiary/aromatic N) is 2. The number of anilines is 2. The number of rotatable bonds is 2. The third-order valence-electron chi connectivity index (χ3n) is 5.21. The molecule has 0 bridgehead atoms. The second-order valence-electron chi connectivity index (χ2n) is 7.00. The molecular formula is C23H14N2O4. The van der Waals surface area contributed by atoms with Crippen LogP contribution >= 0.6 is 0 Å². The lowest BCUT2D eigenvalue weighted by Crippen LogP contribution is -2.30. The lowest BCUT2D eigenvalue weighted by atomic mass is 10.1. The van der Waals surface area contributed by atoms with E-state index in [0.29, 0.717) is 16.8 Å². The van der Waals surface area contributed by atoms with Crippen molar-refractivity contribution < 1.29 is 19.2 Å². The maximum absolute atomic E-state index is 13.0. The van der Waals surface area contributed by atoms with Crippen molar-refractivity contribution in [3.05, 3.63) is 94.5 Å². The van der Waals surface area contributed by atoms with Gasteiger partial charge in [0.2, 0.25) is 0 Å². The summed E-state index contributed by atoms with van der Waals surface area (Å²) in [4.78, 5) is 53.3. The lowest BCUT2D eigenvalue weighted by Gasteiger charge is -2.14. The van der Waals surface area contributed by atoms with E-state index in [0.717, 1.165) is 15.4 Å². The van der Waals surface area contributed by atoms with Crippen LogP contribution in [0, 0.1) is 6.92 Å². The molecule has 4 amide bonds. The van der Waals surface area contributed by atoms with Crippen molar-refractivity contribution in [1.29, 1.82) is 0 Å². The van der Waals surface area contributed by atoms with Gasteiger partial charge in [0.25, 0.3) is 23.6 Å². The number of carbonyl (C=O) groups excluding carboxylic acids is 4. The van der Waals surface area contributed by atoms with Gasteiger partial charge in [-0.2, -0.15) is 0 Å². The molecule has 0 fully saturated rings. The number of hydrogen-bond acceptors (Lipinski definition) is 4. The molecule has 140 valence electrons. The van der Waals surface area contributed by atoms with Crippen LogP contribution in [0.5, 0.6) is 0 Å². The van der Waals surface area contributed by atoms with Gasteiger partial charge in [-0.15, -0.1) is 0 Å². The van der Waals surface area contributed by atoms with Crippen LogP contribution < -0.4 is 9.80 Å². The Balaban J connectivity index is 1.55. The van der Waals surface area contributed by atoms with E-state index in [1.807, 2.05) is 19.1 Å². The van der Waals surface area contributed by atoms with Crippen LogP contribution in [0.1, 0.15) is 47.0 Å². The smallest absolute Gasteiger partial charge is 0.266 e. The van der Waals surface area contributed by atoms with Crippen molar-refractivity contribution >= 4 is 35.0 Å². The average molecular weight is 382 g/mol. The molecule has 0 spiro atoms. The van der Waals surface area contributed by atoms with E-state index >= 15 is 0 Å². The van der Waals surface area contributed by atoms with Gasteiger partial charge in [-0.3, -0.25) is 19.2 Å². The fourth-order valence-corrected chi connectivity index (χ4v) is 3.72. The average Bonchev–Trinajstić information content (AvgIpc) is 3.13. The number of hydrogen-bond donors (Lipinski definition) is 0. The number of imide groups is 2. The van der Waals surface area contributed by atoms with E-state index in [1.165, 1.54) is 18.2 Å². The summed E-state index contributed by atoms with van der Waals surface area (Å²) in [6, 6.07) is 18.1. The van der Waals surface area contributed by atoms with Gasteiger partial charge < -0.3 is 0 Å². The molecule has 6 heteroatoms. The highest BCUT2D eigenvalue weighted by molar-refractivity contribution is 6.37. The molecule has 0 atom stereocenters. The van der Waals surface area contributed by atoms with Crippen LogP contribution in [-0.2, 0) is 0 Å². The normalized spacial score (nSPS) is 15.2. The van der Waals surface area contributed by atoms with Gasteiger partial charge in [0.15, 0.2) is 0 Å². The minimum absolute atomic E-state index is 0.171. The minimum atomic E-state index is -0.479. The van der Waals surface area contributed by atoms with Gasteiger partial charge >= 0.3 is 0 Å². The molecule has 3 aromatic rings. The summed E-state index contributed by atoms with van der Waals surface area (Å²) in [7, 11) is 0. The maximum Gasteiger partial charge on any atom is 0.266 e. The highest BCUT2D eigenvalue weighted by Gasteiger charge is 2.40. The zero-order valence-electron chi connectivity index (χ0n) is 15.4. The Kier molecular flexibility index (Phi) is 3.51. The largest absolute Gasteiger partial charge is 0.268 e. The summed E-state index contributed by atoms with van der Waals surface area (Å²) in [5.41, 5.74) is 2.81. The molecule has 5 rings (SSSR count). The number of carbonyl (C=O) groups is 4. The standard InChI is InChI=1S/C23H14N2O4/c1-13-6-8-14(9-7-13)24-22(28)18-11-10-15(12-19(18)23(24)29)25-20(26)16-4-2-3-5-17(16)21(25)27/h2-12H,1H3. The minimum Gasteiger partial charge on any atom is -0.268 e. The molecule has 2 aliphatic rings. The van der Waals surface area contributed by atoms with Crippen molar-refractivity contribution in [2.24, 2.45) is 0 Å². The number of fused-ring (bicyclic) bond motifs is 2. The monoisotopic (exact) mass is 382 g/mol. The van der Waals surface area contributed by atoms with Crippen LogP contribution in [0.4, 0.5) is 11.4 Å². The molecule has 0 N–H and O–H groups in total. The van der Waals surface area contributed by atoms with Gasteiger partial charge in [0.1, 0.15) is 0 Å². The SMILES string of the molecule is Cc1ccc(N2C(=O)c3ccc(N4C(=O)c5ccccc5C4=O)cc3C2=O)cc1. The summed E-state index contributed by atoms with van der Waals surface area (Å²) < 4.78 is 0. The van der Waals surface area contributed by atoms with Gasteiger partial charge in [0.05, 0.1) is 33.6 Å². The molecule has 0 saturated carbocycles. The lowest BCUT2D eigenvalue weighted by molar-refractivity contribution is 0.0909. The van der Waals surface area contributed by atoms with Crippen LogP contribution in [0.15, 0.2) is 66.7 Å². The fourth-order valence-electron chi connectivity index (χ4n) is 3.72. The Labute approximate surface area is 166 Å². The topological polar surface area (TPSA) is 74.8 Å². The van der Waals surface area contributed by atoms with Gasteiger partial charge in [-0.25, -0.2) is 9.80 Å². The van der Waals surface area contributed by atoms with Gasteiger partial charge in [0, 0.05) is 0 Å². The molecule has 0 aromatic heterocycles. The fraction of sp³-hybridized carbons (Fsp3) is 0.0435. The summed E-state index contributed by atoms with van der Waals surface area (Å²) in [5, 5.41) is 0. The van der Waals surface area contributed by atoms with Crippen molar-refractivity contribution in [3.8, 4) is 0 Å². The molecule has 0 radical (unpaired) electrons. The van der Waals surface area contributed by atoms with E-state index in [-0.39, 0.29) is 16.8 Å². The second-order valence-corrected chi connectivity index (χ2v) is 7.00. The van der Waals surface area contributed by atoms with Crippen molar-refractivity contribution in [2.75, 3.05) is 9.80 Å². The molecule has 0 saturated heterocycles. The Morgan fingerprint density at radius 3 is 1.55 bits per heavy atom. The van der Waals surface area contributed by atoms with E-state index < -0.39 is 23.6 Å². The van der Waals surface area contributed by atoms with Crippen molar-refractivity contribution in [3.63, 3.8) is 0 Å². The van der Waals surface area contributed by atoms with Crippen LogP contribution in [0.3, 0.4) is 0 Å². The number of benzene rings is 3. The quantitative estimate of drug-likeness (QED) is 0.635. The zero-order valence-corrected chi connectivity index (χ0v) is 15.4. The highest BCUT2D eigenvalue weighted by atomic mass is 16.2. The summed E-state index contributed by atoms with van der Waals surface area (Å²) in [6.07, 6.45) is 0. The van der Waals surface area contributed by atoms with Crippen LogP contribution in [0.25, 0.3) is 0 Å².